The number of aromatic nitrogens is 3. The molecule has 1 aromatic heterocycles. The second-order valence-electron chi connectivity index (χ2n) is 10.8. The first-order valence-corrected chi connectivity index (χ1v) is 13.1. The van der Waals surface area contributed by atoms with Gasteiger partial charge in [0.1, 0.15) is 6.33 Å². The zero-order chi connectivity index (χ0) is 28.2. The van der Waals surface area contributed by atoms with E-state index in [-0.39, 0.29) is 42.8 Å². The van der Waals surface area contributed by atoms with E-state index in [0.29, 0.717) is 36.4 Å². The van der Waals surface area contributed by atoms with E-state index in [1.165, 1.54) is 15.8 Å². The fraction of sp³-hybridized carbons (Fsp3) is 0.464. The molecule has 0 bridgehead atoms. The summed E-state index contributed by atoms with van der Waals surface area (Å²) >= 11 is 0. The number of rotatable bonds is 7. The Bertz CT molecular complexity index is 1440. The van der Waals surface area contributed by atoms with Crippen LogP contribution in [0.3, 0.4) is 0 Å². The van der Waals surface area contributed by atoms with E-state index in [4.69, 9.17) is 9.47 Å². The lowest BCUT2D eigenvalue weighted by molar-refractivity contribution is -0.138. The third kappa shape index (κ3) is 4.47. The molecule has 212 valence electrons. The number of hydrogen-bond acceptors (Lipinski definition) is 6. The number of halogens is 4. The number of amides is 1. The minimum absolute atomic E-state index is 0.0434. The molecule has 3 aliphatic rings. The van der Waals surface area contributed by atoms with Gasteiger partial charge in [0.15, 0.2) is 12.0 Å². The fourth-order valence-electron chi connectivity index (χ4n) is 5.95. The number of likely N-dealkylation sites (tertiary alicyclic amines) is 1. The van der Waals surface area contributed by atoms with Crippen LogP contribution in [-0.4, -0.2) is 65.1 Å². The van der Waals surface area contributed by atoms with E-state index in [1.54, 1.807) is 44.5 Å². The van der Waals surface area contributed by atoms with Crippen molar-refractivity contribution in [2.45, 2.75) is 43.4 Å². The molecular formula is C28H29F4N5O3. The molecule has 2 atom stereocenters. The number of ether oxygens (including phenoxy) is 2. The molecule has 0 N–H and O–H groups in total. The van der Waals surface area contributed by atoms with Crippen LogP contribution in [0.4, 0.5) is 23.2 Å². The van der Waals surface area contributed by atoms with Gasteiger partial charge in [-0.25, -0.2) is 4.39 Å². The number of alkyl halides is 4. The highest BCUT2D eigenvalue weighted by atomic mass is 19.4. The van der Waals surface area contributed by atoms with E-state index in [0.717, 1.165) is 12.5 Å². The first-order valence-electron chi connectivity index (χ1n) is 13.1. The highest BCUT2D eigenvalue weighted by Crippen LogP contribution is 2.47. The molecule has 12 heteroatoms. The molecule has 0 radical (unpaired) electrons. The van der Waals surface area contributed by atoms with Gasteiger partial charge in [0.2, 0.25) is 0 Å². The van der Waals surface area contributed by atoms with Gasteiger partial charge in [0.05, 0.1) is 36.8 Å². The van der Waals surface area contributed by atoms with Crippen LogP contribution < -0.4 is 4.90 Å². The third-order valence-corrected chi connectivity index (χ3v) is 8.29. The van der Waals surface area contributed by atoms with Crippen molar-refractivity contribution < 1.29 is 31.8 Å². The summed E-state index contributed by atoms with van der Waals surface area (Å²) < 4.78 is 70.7. The summed E-state index contributed by atoms with van der Waals surface area (Å²) in [5, 5.41) is 7.69. The Morgan fingerprint density at radius 3 is 2.65 bits per heavy atom. The first kappa shape index (κ1) is 26.9. The number of carbonyl (C=O) groups is 1. The smallest absolute Gasteiger partial charge is 0.380 e. The Labute approximate surface area is 228 Å². The topological polar surface area (TPSA) is 72.7 Å². The first-order chi connectivity index (χ1) is 19.1. The number of carbonyl (C=O) groups excluding carboxylic acids is 1. The minimum atomic E-state index is -4.62. The molecule has 2 aromatic carbocycles. The average molecular weight is 560 g/mol. The van der Waals surface area contributed by atoms with Crippen molar-refractivity contribution in [2.24, 2.45) is 7.05 Å². The number of methoxy groups -OCH3 is 1. The van der Waals surface area contributed by atoms with E-state index < -0.39 is 29.2 Å². The van der Waals surface area contributed by atoms with Gasteiger partial charge in [-0.15, -0.1) is 10.2 Å². The van der Waals surface area contributed by atoms with E-state index in [9.17, 15) is 18.0 Å². The molecule has 2 saturated heterocycles. The lowest BCUT2D eigenvalue weighted by Crippen LogP contribution is -2.50. The Morgan fingerprint density at radius 2 is 2.02 bits per heavy atom. The van der Waals surface area contributed by atoms with Crippen LogP contribution in [0, 0.1) is 0 Å². The molecule has 6 rings (SSSR count). The fourth-order valence-corrected chi connectivity index (χ4v) is 5.95. The zero-order valence-corrected chi connectivity index (χ0v) is 22.1. The van der Waals surface area contributed by atoms with Crippen LogP contribution in [0.1, 0.15) is 51.0 Å². The van der Waals surface area contributed by atoms with Gasteiger partial charge >= 0.3 is 6.18 Å². The molecule has 3 aliphatic heterocycles. The van der Waals surface area contributed by atoms with Crippen molar-refractivity contribution in [3.8, 4) is 0 Å². The number of benzene rings is 2. The van der Waals surface area contributed by atoms with Crippen molar-refractivity contribution in [3.63, 3.8) is 0 Å². The molecule has 40 heavy (non-hydrogen) atoms. The predicted octanol–water partition coefficient (Wildman–Crippen LogP) is 4.19. The molecule has 2 fully saturated rings. The predicted molar refractivity (Wildman–Crippen MR) is 136 cm³/mol. The maximum Gasteiger partial charge on any atom is 0.416 e. The monoisotopic (exact) mass is 559 g/mol. The molecule has 8 nitrogen and oxygen atoms in total. The van der Waals surface area contributed by atoms with Crippen molar-refractivity contribution >= 4 is 11.6 Å². The minimum Gasteiger partial charge on any atom is -0.380 e. The average Bonchev–Trinajstić information content (AvgIpc) is 3.62. The summed E-state index contributed by atoms with van der Waals surface area (Å²) in [6.45, 7) is 1.59. The molecule has 0 saturated carbocycles. The number of anilines is 1. The molecule has 3 aromatic rings. The Balaban J connectivity index is 1.32. The quantitative estimate of drug-likeness (QED) is 0.405. The van der Waals surface area contributed by atoms with Gasteiger partial charge in [-0.1, -0.05) is 12.1 Å². The van der Waals surface area contributed by atoms with Gasteiger partial charge < -0.3 is 18.9 Å². The van der Waals surface area contributed by atoms with E-state index in [2.05, 4.69) is 10.2 Å². The Morgan fingerprint density at radius 1 is 1.23 bits per heavy atom. The Kier molecular flexibility index (Phi) is 6.67. The lowest BCUT2D eigenvalue weighted by atomic mass is 9.74. The highest BCUT2D eigenvalue weighted by Gasteiger charge is 2.51. The number of aryl methyl sites for hydroxylation is 1. The zero-order valence-electron chi connectivity index (χ0n) is 22.1. The summed E-state index contributed by atoms with van der Waals surface area (Å²) in [6.07, 6.45) is -3.89. The van der Waals surface area contributed by atoms with Gasteiger partial charge in [-0.3, -0.25) is 9.69 Å². The van der Waals surface area contributed by atoms with E-state index in [1.807, 2.05) is 4.90 Å². The van der Waals surface area contributed by atoms with Gasteiger partial charge in [0, 0.05) is 45.0 Å². The number of nitrogens with zero attached hydrogens (tertiary/aromatic N) is 5. The van der Waals surface area contributed by atoms with Crippen molar-refractivity contribution in [3.05, 3.63) is 76.4 Å². The summed E-state index contributed by atoms with van der Waals surface area (Å²) in [5.41, 5.74) is -0.451. The van der Waals surface area contributed by atoms with Gasteiger partial charge in [0.25, 0.3) is 5.91 Å². The van der Waals surface area contributed by atoms with Crippen molar-refractivity contribution in [1.29, 1.82) is 0 Å². The highest BCUT2D eigenvalue weighted by molar-refractivity contribution is 6.10. The SMILES string of the molecule is CO[C@@H]1CCN(Cc2cc3c(c(C(F)(F)F)c2)CN(c2cccc(C4(C(F)c5nncn5C)COC4)c2)C3=O)C1. The van der Waals surface area contributed by atoms with Crippen LogP contribution in [0.25, 0.3) is 0 Å². The summed E-state index contributed by atoms with van der Waals surface area (Å²) in [4.78, 5) is 16.9. The maximum atomic E-state index is 15.8. The number of fused-ring (bicyclic) bond motifs is 1. The largest absolute Gasteiger partial charge is 0.416 e. The molecule has 1 amide bonds. The second-order valence-corrected chi connectivity index (χ2v) is 10.8. The summed E-state index contributed by atoms with van der Waals surface area (Å²) in [6, 6.07) is 9.47. The summed E-state index contributed by atoms with van der Waals surface area (Å²) in [5.74, 6) is -0.366. The summed E-state index contributed by atoms with van der Waals surface area (Å²) in [7, 11) is 3.27. The van der Waals surface area contributed by atoms with Crippen molar-refractivity contribution in [1.82, 2.24) is 19.7 Å². The maximum absolute atomic E-state index is 15.8. The van der Waals surface area contributed by atoms with Crippen LogP contribution in [0.15, 0.2) is 42.7 Å². The van der Waals surface area contributed by atoms with Crippen LogP contribution >= 0.6 is 0 Å². The number of hydrogen-bond donors (Lipinski definition) is 0. The van der Waals surface area contributed by atoms with Crippen LogP contribution in [0.5, 0.6) is 0 Å². The van der Waals surface area contributed by atoms with Crippen LogP contribution in [-0.2, 0) is 41.2 Å². The molecule has 1 unspecified atom stereocenters. The second kappa shape index (κ2) is 9.93. The van der Waals surface area contributed by atoms with Gasteiger partial charge in [-0.2, -0.15) is 13.2 Å². The third-order valence-electron chi connectivity index (χ3n) is 8.29. The van der Waals surface area contributed by atoms with E-state index >= 15 is 4.39 Å². The Hall–Kier alpha value is -3.35. The van der Waals surface area contributed by atoms with Crippen molar-refractivity contribution in [2.75, 3.05) is 38.3 Å². The normalized spacial score (nSPS) is 21.5. The molecule has 4 heterocycles. The standard InChI is InChI=1S/C28H29F4N5O3/c1-35-16-33-34-25(35)24(29)27(14-40-15-27)18-4-3-5-19(10-18)37-13-22-21(26(37)38)8-17(9-23(22)28(30,31)32)11-36-7-6-20(12-36)39-2/h3-5,8-10,16,20,24H,6-7,11-15H2,1-2H3/t20-,24?/m1/s1. The molecule has 0 aliphatic carbocycles. The van der Waals surface area contributed by atoms with Gasteiger partial charge in [-0.05, 0) is 47.4 Å². The lowest BCUT2D eigenvalue weighted by Gasteiger charge is -2.43. The van der Waals surface area contributed by atoms with Crippen LogP contribution in [0.2, 0.25) is 0 Å². The molecule has 0 spiro atoms. The molecular weight excluding hydrogens is 530 g/mol.